The van der Waals surface area contributed by atoms with E-state index in [4.69, 9.17) is 0 Å². The zero-order valence-corrected chi connectivity index (χ0v) is 6.07. The molecule has 0 bridgehead atoms. The van der Waals surface area contributed by atoms with Crippen LogP contribution in [0.15, 0.2) is 34.3 Å². The minimum absolute atomic E-state index is 0.746. The Hall–Kier alpha value is -1.44. The number of benzene rings is 1. The Morgan fingerprint density at radius 2 is 2.00 bits per heavy atom. The number of fused-ring (bicyclic) bond motifs is 1. The van der Waals surface area contributed by atoms with Crippen LogP contribution in [0.2, 0.25) is 0 Å². The Labute approximate surface area is 65.3 Å². The summed E-state index contributed by atoms with van der Waals surface area (Å²) >= 11 is 0. The van der Waals surface area contributed by atoms with Crippen LogP contribution in [0.1, 0.15) is 5.56 Å². The van der Waals surface area contributed by atoms with Crippen LogP contribution in [-0.2, 0) is 6.54 Å². The molecule has 0 saturated heterocycles. The van der Waals surface area contributed by atoms with E-state index in [0.29, 0.717) is 0 Å². The molecule has 0 saturated carbocycles. The Bertz CT molecular complexity index is 313. The van der Waals surface area contributed by atoms with Crippen molar-refractivity contribution in [3.05, 3.63) is 29.8 Å². The summed E-state index contributed by atoms with van der Waals surface area (Å²) in [6.45, 7) is 0.746. The van der Waals surface area contributed by atoms with Gasteiger partial charge in [-0.25, -0.2) is 0 Å². The molecule has 2 nitrogen and oxygen atoms in total. The van der Waals surface area contributed by atoms with Gasteiger partial charge in [0.1, 0.15) is 0 Å². The zero-order valence-electron chi connectivity index (χ0n) is 6.07. The first-order valence-corrected chi connectivity index (χ1v) is 3.57. The fourth-order valence-corrected chi connectivity index (χ4v) is 1.08. The van der Waals surface area contributed by atoms with Crippen molar-refractivity contribution >= 4 is 18.1 Å². The second-order valence-electron chi connectivity index (χ2n) is 2.40. The molecule has 1 aliphatic heterocycles. The number of hydrogen-bond acceptors (Lipinski definition) is 2. The van der Waals surface area contributed by atoms with Gasteiger partial charge in [0, 0.05) is 12.4 Å². The zero-order chi connectivity index (χ0) is 7.52. The monoisotopic (exact) mass is 144 g/mol. The Kier molecular flexibility index (Phi) is 1.52. The van der Waals surface area contributed by atoms with Gasteiger partial charge in [-0.05, 0) is 11.6 Å². The van der Waals surface area contributed by atoms with Gasteiger partial charge in [-0.1, -0.05) is 18.2 Å². The van der Waals surface area contributed by atoms with E-state index in [9.17, 15) is 0 Å². The van der Waals surface area contributed by atoms with Crippen LogP contribution >= 0.6 is 0 Å². The SMILES string of the molecule is C1=NCc2ccccc2N=C1. The molecule has 0 radical (unpaired) electrons. The van der Waals surface area contributed by atoms with Crippen LogP contribution < -0.4 is 0 Å². The molecule has 1 aliphatic rings. The highest BCUT2D eigenvalue weighted by Crippen LogP contribution is 2.19. The van der Waals surface area contributed by atoms with E-state index >= 15 is 0 Å². The lowest BCUT2D eigenvalue weighted by molar-refractivity contribution is 1.08. The van der Waals surface area contributed by atoms with Gasteiger partial charge in [0.05, 0.1) is 12.2 Å². The lowest BCUT2D eigenvalue weighted by atomic mass is 10.2. The second kappa shape index (κ2) is 2.66. The van der Waals surface area contributed by atoms with Crippen molar-refractivity contribution in [2.75, 3.05) is 0 Å². The summed E-state index contributed by atoms with van der Waals surface area (Å²) < 4.78 is 0. The van der Waals surface area contributed by atoms with E-state index in [1.54, 1.807) is 12.4 Å². The van der Waals surface area contributed by atoms with Crippen molar-refractivity contribution in [3.8, 4) is 0 Å². The van der Waals surface area contributed by atoms with E-state index in [1.807, 2.05) is 18.2 Å². The average Bonchev–Trinajstić information content (AvgIpc) is 2.28. The number of hydrogen-bond donors (Lipinski definition) is 0. The lowest BCUT2D eigenvalue weighted by Crippen LogP contribution is -1.78. The molecule has 1 aromatic rings. The minimum Gasteiger partial charge on any atom is -0.287 e. The summed E-state index contributed by atoms with van der Waals surface area (Å²) in [5.41, 5.74) is 2.22. The molecule has 0 unspecified atom stereocenters. The van der Waals surface area contributed by atoms with Gasteiger partial charge >= 0.3 is 0 Å². The standard InChI is InChI=1S/C9H8N2/c1-2-4-9-8(3-1)7-10-5-6-11-9/h1-6H,7H2. The molecule has 0 aliphatic carbocycles. The van der Waals surface area contributed by atoms with Crippen molar-refractivity contribution in [1.82, 2.24) is 0 Å². The molecule has 0 fully saturated rings. The smallest absolute Gasteiger partial charge is 0.0680 e. The quantitative estimate of drug-likeness (QED) is 0.532. The third-order valence-corrected chi connectivity index (χ3v) is 1.64. The van der Waals surface area contributed by atoms with Gasteiger partial charge < -0.3 is 0 Å². The van der Waals surface area contributed by atoms with Crippen molar-refractivity contribution < 1.29 is 0 Å². The summed E-state index contributed by atoms with van der Waals surface area (Å²) in [4.78, 5) is 8.35. The van der Waals surface area contributed by atoms with Gasteiger partial charge in [0.15, 0.2) is 0 Å². The van der Waals surface area contributed by atoms with Crippen LogP contribution in [0, 0.1) is 0 Å². The fraction of sp³-hybridized carbons (Fsp3) is 0.111. The maximum Gasteiger partial charge on any atom is 0.0680 e. The molecular weight excluding hydrogens is 136 g/mol. The van der Waals surface area contributed by atoms with Crippen molar-refractivity contribution in [3.63, 3.8) is 0 Å². The highest BCUT2D eigenvalue weighted by Gasteiger charge is 1.98. The van der Waals surface area contributed by atoms with Gasteiger partial charge in [0.2, 0.25) is 0 Å². The van der Waals surface area contributed by atoms with E-state index in [2.05, 4.69) is 16.1 Å². The average molecular weight is 144 g/mol. The Morgan fingerprint density at radius 3 is 3.00 bits per heavy atom. The Morgan fingerprint density at radius 1 is 1.09 bits per heavy atom. The van der Waals surface area contributed by atoms with E-state index in [0.717, 1.165) is 12.2 Å². The summed E-state index contributed by atoms with van der Waals surface area (Å²) in [6, 6.07) is 8.05. The summed E-state index contributed by atoms with van der Waals surface area (Å²) in [5.74, 6) is 0. The number of para-hydroxylation sites is 1. The van der Waals surface area contributed by atoms with E-state index < -0.39 is 0 Å². The Balaban J connectivity index is 2.52. The molecule has 1 aromatic carbocycles. The summed E-state index contributed by atoms with van der Waals surface area (Å²) in [7, 11) is 0. The van der Waals surface area contributed by atoms with Crippen LogP contribution in [-0.4, -0.2) is 12.4 Å². The topological polar surface area (TPSA) is 24.7 Å². The highest BCUT2D eigenvalue weighted by molar-refractivity contribution is 6.17. The molecule has 11 heavy (non-hydrogen) atoms. The molecule has 1 heterocycles. The summed E-state index contributed by atoms with van der Waals surface area (Å²) in [6.07, 6.45) is 3.46. The van der Waals surface area contributed by atoms with E-state index in [-0.39, 0.29) is 0 Å². The molecule has 54 valence electrons. The largest absolute Gasteiger partial charge is 0.287 e. The first-order chi connectivity index (χ1) is 5.47. The molecule has 2 heteroatoms. The van der Waals surface area contributed by atoms with Gasteiger partial charge in [0.25, 0.3) is 0 Å². The second-order valence-corrected chi connectivity index (χ2v) is 2.40. The third kappa shape index (κ3) is 1.19. The molecule has 0 amide bonds. The summed E-state index contributed by atoms with van der Waals surface area (Å²) in [5, 5.41) is 0. The number of aliphatic imine (C=N–C) groups is 2. The van der Waals surface area contributed by atoms with E-state index in [1.165, 1.54) is 5.56 Å². The molecular formula is C9H8N2. The van der Waals surface area contributed by atoms with Crippen LogP contribution in [0.4, 0.5) is 5.69 Å². The predicted octanol–water partition coefficient (Wildman–Crippen LogP) is 1.97. The van der Waals surface area contributed by atoms with Crippen LogP contribution in [0.3, 0.4) is 0 Å². The molecule has 2 rings (SSSR count). The maximum absolute atomic E-state index is 4.21. The first-order valence-electron chi connectivity index (χ1n) is 3.57. The minimum atomic E-state index is 0.746. The number of nitrogens with zero attached hydrogens (tertiary/aromatic N) is 2. The highest BCUT2D eigenvalue weighted by atomic mass is 14.8. The van der Waals surface area contributed by atoms with Gasteiger partial charge in [-0.2, -0.15) is 0 Å². The van der Waals surface area contributed by atoms with Crippen molar-refractivity contribution in [2.24, 2.45) is 9.98 Å². The number of rotatable bonds is 0. The van der Waals surface area contributed by atoms with Crippen molar-refractivity contribution in [2.45, 2.75) is 6.54 Å². The molecule has 0 aromatic heterocycles. The maximum atomic E-state index is 4.21. The van der Waals surface area contributed by atoms with Crippen LogP contribution in [0.5, 0.6) is 0 Å². The molecule has 0 N–H and O–H groups in total. The predicted molar refractivity (Wildman–Crippen MR) is 46.8 cm³/mol. The van der Waals surface area contributed by atoms with Gasteiger partial charge in [-0.15, -0.1) is 0 Å². The molecule has 0 atom stereocenters. The third-order valence-electron chi connectivity index (χ3n) is 1.64. The first kappa shape index (κ1) is 6.28. The van der Waals surface area contributed by atoms with Gasteiger partial charge in [-0.3, -0.25) is 9.98 Å². The van der Waals surface area contributed by atoms with Crippen molar-refractivity contribution in [1.29, 1.82) is 0 Å². The van der Waals surface area contributed by atoms with Crippen LogP contribution in [0.25, 0.3) is 0 Å². The normalized spacial score (nSPS) is 14.2. The fourth-order valence-electron chi connectivity index (χ4n) is 1.08. The molecule has 0 spiro atoms. The lowest BCUT2D eigenvalue weighted by Gasteiger charge is -1.97.